The summed E-state index contributed by atoms with van der Waals surface area (Å²) in [5.41, 5.74) is 1.79. The first-order valence-electron chi connectivity index (χ1n) is 10.7. The van der Waals surface area contributed by atoms with Crippen LogP contribution in [0.3, 0.4) is 0 Å². The Morgan fingerprint density at radius 3 is 2.61 bits per heavy atom. The van der Waals surface area contributed by atoms with Crippen LogP contribution >= 0.6 is 23.1 Å². The minimum Gasteiger partial charge on any atom is -0.342 e. The molecule has 3 heterocycles. The average Bonchev–Trinajstić information content (AvgIpc) is 3.42. The molecule has 1 unspecified atom stereocenters. The number of hydrogen-bond donors (Lipinski definition) is 3. The molecular weight excluding hydrogens is 507 g/mol. The monoisotopic (exact) mass is 530 g/mol. The summed E-state index contributed by atoms with van der Waals surface area (Å²) in [6.07, 6.45) is 0.876. The Morgan fingerprint density at radius 2 is 1.94 bits per heavy atom. The number of anilines is 1. The Balaban J connectivity index is 0.000000229. The molecule has 36 heavy (non-hydrogen) atoms. The van der Waals surface area contributed by atoms with Gasteiger partial charge in [-0.05, 0) is 56.8 Å². The summed E-state index contributed by atoms with van der Waals surface area (Å²) in [5, 5.41) is 9.32. The predicted octanol–water partition coefficient (Wildman–Crippen LogP) is 3.72. The third kappa shape index (κ3) is 5.93. The predicted molar refractivity (Wildman–Crippen MR) is 138 cm³/mol. The van der Waals surface area contributed by atoms with Gasteiger partial charge in [-0.1, -0.05) is 29.8 Å². The van der Waals surface area contributed by atoms with Crippen LogP contribution in [0, 0.1) is 12.7 Å². The van der Waals surface area contributed by atoms with Crippen molar-refractivity contribution in [1.82, 2.24) is 24.6 Å². The number of aromatic nitrogens is 3. The second-order valence-corrected chi connectivity index (χ2v) is 8.81. The Labute approximate surface area is 215 Å². The van der Waals surface area contributed by atoms with E-state index in [-0.39, 0.29) is 29.1 Å². The molecule has 1 aliphatic heterocycles. The van der Waals surface area contributed by atoms with Crippen LogP contribution < -0.4 is 16.0 Å². The maximum Gasteiger partial charge on any atom is 0.240 e. The van der Waals surface area contributed by atoms with Gasteiger partial charge in [0.2, 0.25) is 12.3 Å². The fourth-order valence-electron chi connectivity index (χ4n) is 3.59. The number of rotatable bonds is 4. The number of nitrogens with one attached hydrogen (secondary N) is 3. The highest BCUT2D eigenvalue weighted by Gasteiger charge is 2.33. The largest absolute Gasteiger partial charge is 0.342 e. The van der Waals surface area contributed by atoms with Crippen LogP contribution in [-0.2, 0) is 16.1 Å². The van der Waals surface area contributed by atoms with Crippen LogP contribution in [0.25, 0.3) is 10.1 Å². The SMILES string of the molecule is CNC.Cc1nsc2ccccc12.O=CNc1nc(C=O)n2c1C(c1cc(F)ccc1Cl)NC(=O)C2. The quantitative estimate of drug-likeness (QED) is 0.346. The number of imidazole rings is 1. The van der Waals surface area contributed by atoms with Gasteiger partial charge in [-0.2, -0.15) is 4.37 Å². The molecule has 188 valence electrons. The lowest BCUT2D eigenvalue weighted by atomic mass is 10.0. The van der Waals surface area contributed by atoms with Gasteiger partial charge in [-0.25, -0.2) is 9.37 Å². The van der Waals surface area contributed by atoms with E-state index in [4.69, 9.17) is 11.6 Å². The van der Waals surface area contributed by atoms with Gasteiger partial charge in [-0.3, -0.25) is 14.4 Å². The van der Waals surface area contributed by atoms with Gasteiger partial charge < -0.3 is 20.5 Å². The van der Waals surface area contributed by atoms with E-state index >= 15 is 0 Å². The van der Waals surface area contributed by atoms with Crippen molar-refractivity contribution in [2.75, 3.05) is 19.4 Å². The second kappa shape index (κ2) is 12.3. The van der Waals surface area contributed by atoms with E-state index in [2.05, 4.69) is 37.4 Å². The summed E-state index contributed by atoms with van der Waals surface area (Å²) in [7, 11) is 3.75. The van der Waals surface area contributed by atoms with Crippen molar-refractivity contribution in [2.45, 2.75) is 19.5 Å². The van der Waals surface area contributed by atoms with Gasteiger partial charge in [-0.15, -0.1) is 0 Å². The van der Waals surface area contributed by atoms with E-state index < -0.39 is 11.9 Å². The Morgan fingerprint density at radius 1 is 1.22 bits per heavy atom. The van der Waals surface area contributed by atoms with E-state index in [0.29, 0.717) is 24.0 Å². The molecule has 0 aliphatic carbocycles. The van der Waals surface area contributed by atoms with E-state index in [1.54, 1.807) is 11.5 Å². The average molecular weight is 531 g/mol. The number of aldehydes is 1. The molecule has 9 nitrogen and oxygen atoms in total. The fraction of sp³-hybridized carbons (Fsp3) is 0.208. The highest BCUT2D eigenvalue weighted by Crippen LogP contribution is 2.35. The highest BCUT2D eigenvalue weighted by atomic mass is 35.5. The van der Waals surface area contributed by atoms with Gasteiger partial charge in [0.05, 0.1) is 22.1 Å². The fourth-order valence-corrected chi connectivity index (χ4v) is 4.60. The van der Waals surface area contributed by atoms with E-state index in [1.807, 2.05) is 33.2 Å². The van der Waals surface area contributed by atoms with Crippen LogP contribution in [0.15, 0.2) is 42.5 Å². The number of carbonyl (C=O) groups is 3. The minimum absolute atomic E-state index is 0.0169. The Hall–Kier alpha value is -3.67. The molecule has 4 aromatic rings. The number of amides is 2. The lowest BCUT2D eigenvalue weighted by molar-refractivity contribution is -0.123. The summed E-state index contributed by atoms with van der Waals surface area (Å²) >= 11 is 7.67. The van der Waals surface area contributed by atoms with Crippen molar-refractivity contribution in [3.8, 4) is 0 Å². The standard InChI is InChI=1S/C14H10ClFN4O3.C8H7NS.C2H7N/c15-9-2-1-7(16)3-8(9)12-13-14(17-6-22)18-10(5-21)20(13)4-11(23)19-12;1-6-7-4-2-3-5-8(7)10-9-6;1-3-2/h1-3,5-6,12H,4H2,(H,17,22)(H,19,23);2-5H,1H3;3H,1-2H3. The van der Waals surface area contributed by atoms with Crippen molar-refractivity contribution >= 4 is 57.6 Å². The molecule has 1 aliphatic rings. The molecule has 2 aromatic carbocycles. The van der Waals surface area contributed by atoms with Gasteiger partial charge in [0.1, 0.15) is 12.4 Å². The highest BCUT2D eigenvalue weighted by molar-refractivity contribution is 7.13. The lowest BCUT2D eigenvalue weighted by Gasteiger charge is -2.27. The maximum atomic E-state index is 13.6. The van der Waals surface area contributed by atoms with Gasteiger partial charge in [0.15, 0.2) is 17.9 Å². The smallest absolute Gasteiger partial charge is 0.240 e. The molecule has 2 aromatic heterocycles. The molecule has 0 radical (unpaired) electrons. The van der Waals surface area contributed by atoms with E-state index in [0.717, 1.165) is 5.69 Å². The first kappa shape index (κ1) is 26.9. The van der Waals surface area contributed by atoms with Crippen molar-refractivity contribution in [3.05, 3.63) is 76.1 Å². The molecule has 12 heteroatoms. The zero-order valence-electron chi connectivity index (χ0n) is 19.7. The van der Waals surface area contributed by atoms with Crippen molar-refractivity contribution in [2.24, 2.45) is 0 Å². The number of carbonyl (C=O) groups excluding carboxylic acids is 3. The van der Waals surface area contributed by atoms with Crippen LogP contribution in [-0.4, -0.2) is 46.6 Å². The van der Waals surface area contributed by atoms with Crippen LogP contribution in [0.1, 0.15) is 33.6 Å². The first-order chi connectivity index (χ1) is 17.3. The maximum absolute atomic E-state index is 13.6. The molecule has 0 saturated carbocycles. The zero-order valence-corrected chi connectivity index (χ0v) is 21.3. The van der Waals surface area contributed by atoms with Gasteiger partial charge >= 0.3 is 0 Å². The summed E-state index contributed by atoms with van der Waals surface area (Å²) in [5.74, 6) is -0.832. The Bertz CT molecular complexity index is 1390. The summed E-state index contributed by atoms with van der Waals surface area (Å²) in [4.78, 5) is 37.8. The Kier molecular flexibility index (Phi) is 9.23. The molecule has 0 bridgehead atoms. The molecule has 0 spiro atoms. The topological polar surface area (TPSA) is 118 Å². The molecule has 0 saturated heterocycles. The number of fused-ring (bicyclic) bond motifs is 2. The second-order valence-electron chi connectivity index (χ2n) is 7.60. The normalized spacial score (nSPS) is 13.9. The summed E-state index contributed by atoms with van der Waals surface area (Å²) < 4.78 is 20.5. The number of hydrogen-bond acceptors (Lipinski definition) is 7. The van der Waals surface area contributed by atoms with Crippen LogP contribution in [0.5, 0.6) is 0 Å². The van der Waals surface area contributed by atoms with Crippen LogP contribution in [0.2, 0.25) is 5.02 Å². The first-order valence-corrected chi connectivity index (χ1v) is 11.9. The summed E-state index contributed by atoms with van der Waals surface area (Å²) in [6, 6.07) is 11.2. The molecule has 5 rings (SSSR count). The van der Waals surface area contributed by atoms with Crippen molar-refractivity contribution in [1.29, 1.82) is 0 Å². The molecule has 2 amide bonds. The zero-order chi connectivity index (χ0) is 26.2. The van der Waals surface area contributed by atoms with Gasteiger partial charge in [0, 0.05) is 16.0 Å². The third-order valence-electron chi connectivity index (χ3n) is 5.04. The molecule has 0 fully saturated rings. The van der Waals surface area contributed by atoms with Crippen LogP contribution in [0.4, 0.5) is 10.2 Å². The number of nitrogens with zero attached hydrogens (tertiary/aromatic N) is 3. The van der Waals surface area contributed by atoms with Gasteiger partial charge in [0.25, 0.3) is 0 Å². The molecular formula is C24H24ClFN6O3S. The van der Waals surface area contributed by atoms with Crippen molar-refractivity contribution < 1.29 is 18.8 Å². The number of benzene rings is 2. The lowest BCUT2D eigenvalue weighted by Crippen LogP contribution is -2.39. The van der Waals surface area contributed by atoms with E-state index in [9.17, 15) is 18.8 Å². The van der Waals surface area contributed by atoms with E-state index in [1.165, 1.54) is 32.9 Å². The summed E-state index contributed by atoms with van der Waals surface area (Å²) in [6.45, 7) is 1.90. The molecule has 3 N–H and O–H groups in total. The third-order valence-corrected chi connectivity index (χ3v) is 6.31. The number of aryl methyl sites for hydroxylation is 1. The molecule has 1 atom stereocenters. The minimum atomic E-state index is -0.844. The van der Waals surface area contributed by atoms with Crippen molar-refractivity contribution in [3.63, 3.8) is 0 Å². The number of halogens is 2.